The van der Waals surface area contributed by atoms with Crippen LogP contribution in [0.5, 0.6) is 0 Å². The maximum absolute atomic E-state index is 11.1. The van der Waals surface area contributed by atoms with E-state index in [2.05, 4.69) is 12.2 Å². The molecule has 0 radical (unpaired) electrons. The van der Waals surface area contributed by atoms with Crippen LogP contribution in [0.2, 0.25) is 0 Å². The summed E-state index contributed by atoms with van der Waals surface area (Å²) in [6, 6.07) is 0. The Labute approximate surface area is 143 Å². The predicted octanol–water partition coefficient (Wildman–Crippen LogP) is 4.47. The van der Waals surface area contributed by atoms with Crippen LogP contribution in [0, 0.1) is 0 Å². The van der Waals surface area contributed by atoms with Gasteiger partial charge in [0.15, 0.2) is 0 Å². The minimum Gasteiger partial charge on any atom is -0.480 e. The van der Waals surface area contributed by atoms with Gasteiger partial charge >= 0.3 is 5.97 Å². The summed E-state index contributed by atoms with van der Waals surface area (Å²) in [7, 11) is 0. The first-order valence-corrected chi connectivity index (χ1v) is 9.79. The van der Waals surface area contributed by atoms with Crippen LogP contribution in [0.1, 0.15) is 97.3 Å². The number of carbonyl (C=O) groups is 1. The summed E-state index contributed by atoms with van der Waals surface area (Å²) in [5, 5.41) is 12.5. The molecule has 0 spiro atoms. The van der Waals surface area contributed by atoms with Crippen LogP contribution in [0.3, 0.4) is 0 Å². The molecule has 0 rings (SSSR count). The predicted molar refractivity (Wildman–Crippen MR) is 98.8 cm³/mol. The maximum atomic E-state index is 11.1. The second-order valence-electron chi connectivity index (χ2n) is 6.85. The van der Waals surface area contributed by atoms with Gasteiger partial charge in [0.1, 0.15) is 5.54 Å². The molecule has 0 aromatic heterocycles. The number of nitrogens with two attached hydrogens (primary N) is 1. The summed E-state index contributed by atoms with van der Waals surface area (Å²) in [4.78, 5) is 11.1. The van der Waals surface area contributed by atoms with Gasteiger partial charge in [-0.3, -0.25) is 4.79 Å². The van der Waals surface area contributed by atoms with Gasteiger partial charge in [-0.25, -0.2) is 0 Å². The van der Waals surface area contributed by atoms with Crippen LogP contribution in [-0.2, 0) is 4.79 Å². The average molecular weight is 329 g/mol. The molecule has 1 unspecified atom stereocenters. The summed E-state index contributed by atoms with van der Waals surface area (Å²) < 4.78 is 0. The first kappa shape index (κ1) is 22.4. The Balaban J connectivity index is 3.26. The second-order valence-corrected chi connectivity index (χ2v) is 6.85. The summed E-state index contributed by atoms with van der Waals surface area (Å²) in [6.07, 6.45) is 15.4. The lowest BCUT2D eigenvalue weighted by molar-refractivity contribution is -0.143. The standard InChI is InChI=1S/C19H40N2O2/c1-3-5-6-7-8-9-10-11-12-13-16-21-17-14-15-19(20,4-2)18(22)23/h21H,3-17,20H2,1-2H3,(H,22,23). The maximum Gasteiger partial charge on any atom is 0.323 e. The van der Waals surface area contributed by atoms with E-state index in [4.69, 9.17) is 10.8 Å². The van der Waals surface area contributed by atoms with Crippen LogP contribution < -0.4 is 11.1 Å². The number of carboxylic acid groups (broad SMARTS) is 1. The molecule has 0 bridgehead atoms. The van der Waals surface area contributed by atoms with Crippen molar-refractivity contribution in [1.29, 1.82) is 0 Å². The minimum absolute atomic E-state index is 0.487. The van der Waals surface area contributed by atoms with E-state index in [-0.39, 0.29) is 0 Å². The molecule has 0 saturated heterocycles. The molecule has 23 heavy (non-hydrogen) atoms. The molecule has 0 saturated carbocycles. The van der Waals surface area contributed by atoms with Crippen LogP contribution in [0.15, 0.2) is 0 Å². The Hall–Kier alpha value is -0.610. The van der Waals surface area contributed by atoms with Crippen molar-refractivity contribution < 1.29 is 9.90 Å². The quantitative estimate of drug-likeness (QED) is 0.344. The summed E-state index contributed by atoms with van der Waals surface area (Å²) in [5.74, 6) is -0.880. The molecule has 0 aliphatic heterocycles. The number of hydrogen-bond acceptors (Lipinski definition) is 3. The Morgan fingerprint density at radius 1 is 0.870 bits per heavy atom. The topological polar surface area (TPSA) is 75.3 Å². The Kier molecular flexibility index (Phi) is 14.6. The van der Waals surface area contributed by atoms with E-state index < -0.39 is 11.5 Å². The van der Waals surface area contributed by atoms with Gasteiger partial charge in [-0.2, -0.15) is 0 Å². The monoisotopic (exact) mass is 328 g/mol. The van der Waals surface area contributed by atoms with E-state index in [0.717, 1.165) is 19.5 Å². The molecule has 4 nitrogen and oxygen atoms in total. The van der Waals surface area contributed by atoms with Crippen molar-refractivity contribution in [3.8, 4) is 0 Å². The van der Waals surface area contributed by atoms with Crippen LogP contribution in [-0.4, -0.2) is 29.7 Å². The second kappa shape index (κ2) is 14.9. The number of carboxylic acids is 1. The van der Waals surface area contributed by atoms with Crippen molar-refractivity contribution in [3.05, 3.63) is 0 Å². The average Bonchev–Trinajstić information content (AvgIpc) is 2.54. The summed E-state index contributed by atoms with van der Waals surface area (Å²) >= 11 is 0. The van der Waals surface area contributed by atoms with E-state index in [1.165, 1.54) is 64.2 Å². The Morgan fingerprint density at radius 2 is 1.35 bits per heavy atom. The number of unbranched alkanes of at least 4 members (excludes halogenated alkanes) is 9. The lowest BCUT2D eigenvalue weighted by atomic mass is 9.92. The lowest BCUT2D eigenvalue weighted by Crippen LogP contribution is -2.47. The highest BCUT2D eigenvalue weighted by Gasteiger charge is 2.30. The van der Waals surface area contributed by atoms with Crippen molar-refractivity contribution >= 4 is 5.97 Å². The third kappa shape index (κ3) is 12.5. The zero-order chi connectivity index (χ0) is 17.4. The van der Waals surface area contributed by atoms with Crippen LogP contribution >= 0.6 is 0 Å². The molecule has 0 aromatic carbocycles. The highest BCUT2D eigenvalue weighted by molar-refractivity contribution is 5.78. The fourth-order valence-electron chi connectivity index (χ4n) is 2.83. The van der Waals surface area contributed by atoms with Gasteiger partial charge in [0, 0.05) is 0 Å². The zero-order valence-corrected chi connectivity index (χ0v) is 15.5. The van der Waals surface area contributed by atoms with E-state index in [1.54, 1.807) is 0 Å². The largest absolute Gasteiger partial charge is 0.480 e. The lowest BCUT2D eigenvalue weighted by Gasteiger charge is -2.22. The van der Waals surface area contributed by atoms with Crippen LogP contribution in [0.25, 0.3) is 0 Å². The molecule has 4 N–H and O–H groups in total. The minimum atomic E-state index is -1.04. The molecule has 0 heterocycles. The van der Waals surface area contributed by atoms with Crippen molar-refractivity contribution in [2.75, 3.05) is 13.1 Å². The first-order valence-electron chi connectivity index (χ1n) is 9.79. The van der Waals surface area contributed by atoms with Crippen LogP contribution in [0.4, 0.5) is 0 Å². The van der Waals surface area contributed by atoms with E-state index in [9.17, 15) is 4.79 Å². The first-order chi connectivity index (χ1) is 11.1. The van der Waals surface area contributed by atoms with Gasteiger partial charge < -0.3 is 16.2 Å². The number of nitrogens with one attached hydrogen (secondary N) is 1. The van der Waals surface area contributed by atoms with Crippen molar-refractivity contribution in [3.63, 3.8) is 0 Å². The normalized spacial score (nSPS) is 13.9. The van der Waals surface area contributed by atoms with Crippen molar-refractivity contribution in [2.24, 2.45) is 5.73 Å². The molecular formula is C19H40N2O2. The molecular weight excluding hydrogens is 288 g/mol. The summed E-state index contributed by atoms with van der Waals surface area (Å²) in [5.41, 5.74) is 4.82. The Bertz CT molecular complexity index is 285. The van der Waals surface area contributed by atoms with E-state index in [1.807, 2.05) is 6.92 Å². The van der Waals surface area contributed by atoms with E-state index in [0.29, 0.717) is 12.8 Å². The van der Waals surface area contributed by atoms with Gasteiger partial charge in [0.2, 0.25) is 0 Å². The van der Waals surface area contributed by atoms with Crippen molar-refractivity contribution in [1.82, 2.24) is 5.32 Å². The fraction of sp³-hybridized carbons (Fsp3) is 0.947. The van der Waals surface area contributed by atoms with Gasteiger partial charge in [-0.05, 0) is 38.8 Å². The fourth-order valence-corrected chi connectivity index (χ4v) is 2.83. The van der Waals surface area contributed by atoms with Crippen molar-refractivity contribution in [2.45, 2.75) is 103 Å². The smallest absolute Gasteiger partial charge is 0.323 e. The molecule has 0 aliphatic rings. The summed E-state index contributed by atoms with van der Waals surface area (Å²) in [6.45, 7) is 6.00. The zero-order valence-electron chi connectivity index (χ0n) is 15.5. The molecule has 0 amide bonds. The molecule has 0 fully saturated rings. The molecule has 0 aromatic rings. The molecule has 4 heteroatoms. The van der Waals surface area contributed by atoms with Gasteiger partial charge in [-0.1, -0.05) is 71.6 Å². The number of rotatable bonds is 17. The number of hydrogen-bond donors (Lipinski definition) is 3. The van der Waals surface area contributed by atoms with Gasteiger partial charge in [0.05, 0.1) is 0 Å². The Morgan fingerprint density at radius 3 is 1.83 bits per heavy atom. The molecule has 1 atom stereocenters. The third-order valence-electron chi connectivity index (χ3n) is 4.74. The highest BCUT2D eigenvalue weighted by Crippen LogP contribution is 2.14. The SMILES string of the molecule is CCCCCCCCCCCCNCCCC(N)(CC)C(=O)O. The molecule has 0 aliphatic carbocycles. The van der Waals surface area contributed by atoms with E-state index >= 15 is 0 Å². The number of aliphatic carboxylic acids is 1. The highest BCUT2D eigenvalue weighted by atomic mass is 16.4. The van der Waals surface area contributed by atoms with Gasteiger partial charge in [0.25, 0.3) is 0 Å². The third-order valence-corrected chi connectivity index (χ3v) is 4.74. The van der Waals surface area contributed by atoms with Gasteiger partial charge in [-0.15, -0.1) is 0 Å². The molecule has 138 valence electrons.